The molecule has 1 aromatic heterocycles. The molecule has 2 bridgehead atoms. The van der Waals surface area contributed by atoms with Crippen molar-refractivity contribution >= 4 is 65.0 Å². The summed E-state index contributed by atoms with van der Waals surface area (Å²) in [5, 5.41) is 63.3. The zero-order valence-corrected chi connectivity index (χ0v) is 73.9. The monoisotopic (exact) mass is 1690 g/mol. The highest BCUT2D eigenvalue weighted by molar-refractivity contribution is 7.98. The molecule has 2 aromatic carbocycles. The molecule has 2 amide bonds. The number of Topliss-reactive ketones (excluding diaryl/α,β-unsaturated/α-hetero) is 3. The second-order valence-corrected chi connectivity index (χ2v) is 33.4. The lowest BCUT2D eigenvalue weighted by atomic mass is 9.78. The zero-order chi connectivity index (χ0) is 86.1. The lowest BCUT2D eigenvalue weighted by Gasteiger charge is -2.42. The number of aliphatic hydroxyl groups is 4. The van der Waals surface area contributed by atoms with E-state index >= 15 is 0 Å². The average Bonchev–Trinajstić information content (AvgIpc) is 0.819. The minimum Gasteiger partial charge on any atom is -0.493 e. The summed E-state index contributed by atoms with van der Waals surface area (Å²) in [6, 6.07) is 16.3. The van der Waals surface area contributed by atoms with Gasteiger partial charge in [0.15, 0.2) is 23.1 Å². The minimum absolute atomic E-state index is 0. The summed E-state index contributed by atoms with van der Waals surface area (Å²) in [5.74, 6) is -2.72. The van der Waals surface area contributed by atoms with E-state index in [9.17, 15) is 59.3 Å². The van der Waals surface area contributed by atoms with Gasteiger partial charge in [-0.05, 0) is 170 Å². The van der Waals surface area contributed by atoms with Crippen molar-refractivity contribution in [1.29, 1.82) is 0 Å². The number of β-amino-alcohol motifs (C(OH)–C–C–N with tert-alkyl or cyclic N) is 1. The Balaban J connectivity index is 0.000000382. The molecule has 0 spiro atoms. The molecule has 1 aliphatic carbocycles. The number of para-hydroxylation sites is 3. The topological polar surface area (TPSA) is 353 Å². The van der Waals surface area contributed by atoms with Gasteiger partial charge in [0.25, 0.3) is 17.9 Å². The van der Waals surface area contributed by atoms with Crippen LogP contribution >= 0.6 is 24.2 Å². The molecule has 4 aliphatic heterocycles. The molecule has 30 heteroatoms. The van der Waals surface area contributed by atoms with Crippen LogP contribution in [0.1, 0.15) is 148 Å². The van der Waals surface area contributed by atoms with Crippen molar-refractivity contribution in [3.05, 3.63) is 147 Å². The van der Waals surface area contributed by atoms with Crippen LogP contribution in [-0.4, -0.2) is 255 Å². The van der Waals surface area contributed by atoms with E-state index in [1.165, 1.54) is 12.0 Å². The Hall–Kier alpha value is -7.36. The third-order valence-corrected chi connectivity index (χ3v) is 23.5. The predicted molar refractivity (Wildman–Crippen MR) is 459 cm³/mol. The summed E-state index contributed by atoms with van der Waals surface area (Å²) in [6.07, 6.45) is 11.5. The van der Waals surface area contributed by atoms with Crippen molar-refractivity contribution in [3.8, 4) is 11.5 Å². The number of cyclic esters (lactones) is 1. The lowest BCUT2D eigenvalue weighted by Crippen LogP contribution is -2.61. The number of amides is 2. The Labute approximate surface area is 709 Å². The van der Waals surface area contributed by atoms with Gasteiger partial charge < -0.3 is 83.8 Å². The number of hydrogen-bond donors (Lipinski definition) is 7. The number of carbonyl (C=O) groups is 6. The third-order valence-electron chi connectivity index (χ3n) is 22.5. The molecule has 5 aliphatic rings. The van der Waals surface area contributed by atoms with Gasteiger partial charge in [-0.1, -0.05) is 101 Å². The number of halogens is 1. The number of anilines is 1. The highest BCUT2D eigenvalue weighted by Crippen LogP contribution is 2.39. The van der Waals surface area contributed by atoms with Crippen LogP contribution in [0.15, 0.2) is 119 Å². The number of hydrogen-bond acceptors (Lipinski definition) is 26. The Kier molecular flexibility index (Phi) is 44.1. The van der Waals surface area contributed by atoms with E-state index in [2.05, 4.69) is 30.7 Å². The fraction of sp³-hybridized carbons (Fsp3) is 0.636. The first kappa shape index (κ1) is 101. The van der Waals surface area contributed by atoms with E-state index in [1.807, 2.05) is 141 Å². The number of benzene rings is 2. The maximum atomic E-state index is 14.4. The van der Waals surface area contributed by atoms with Crippen LogP contribution in [-0.2, 0) is 64.7 Å². The van der Waals surface area contributed by atoms with Crippen molar-refractivity contribution in [1.82, 2.24) is 30.2 Å². The van der Waals surface area contributed by atoms with Crippen molar-refractivity contribution in [2.75, 3.05) is 120 Å². The first-order valence-corrected chi connectivity index (χ1v) is 42.4. The van der Waals surface area contributed by atoms with Gasteiger partial charge in [0.2, 0.25) is 11.7 Å². The summed E-state index contributed by atoms with van der Waals surface area (Å²) in [7, 11) is 11.8. The number of furan rings is 1. The molecule has 4 fully saturated rings. The number of allylic oxidation sites excluding steroid dienone is 6. The number of rotatable bonds is 25. The summed E-state index contributed by atoms with van der Waals surface area (Å²) in [6.45, 7) is 22.5. The van der Waals surface area contributed by atoms with Crippen LogP contribution in [0.2, 0.25) is 0 Å². The summed E-state index contributed by atoms with van der Waals surface area (Å²) >= 11 is 1.72. The van der Waals surface area contributed by atoms with Crippen molar-refractivity contribution < 1.29 is 91.7 Å². The SMILES string of the molecule is CN/C(=C/[N+](=O)[O-])NCCSCc1ccc(CN(C)C)o1.CO[C@H]1C[C@@H]2CC[C@@H](C)[C@@](O)(O2)C(=O)C(=O)N2CCCC[C@H]2C(=O)O[C@H]([C@H](C)C[C@@H]2CC[C@@H](O)[C@H](OC)C2)CC(=O)[C@H](C)/C=C(\C)[C@@H](O)[C@@H](OC)C(=O)[C@H](C)C[C@H](C)/C=C/C=C/C=C/1C.COc1ccccc1OCC(O)CN1CCN(CC(=O)Nc2c(C)cccc2C)CC1.Cl. The quantitative estimate of drug-likeness (QED) is 0.0103. The smallest absolute Gasteiger partial charge is 0.329 e. The van der Waals surface area contributed by atoms with Gasteiger partial charge in [-0.3, -0.25) is 43.9 Å². The largest absolute Gasteiger partial charge is 0.493 e. The molecule has 660 valence electrons. The maximum absolute atomic E-state index is 14.4. The molecular weight excluding hydrogens is 1560 g/mol. The fourth-order valence-electron chi connectivity index (χ4n) is 15.5. The van der Waals surface area contributed by atoms with Gasteiger partial charge in [-0.25, -0.2) is 4.79 Å². The highest BCUT2D eigenvalue weighted by Gasteiger charge is 2.53. The number of piperazine rings is 1. The zero-order valence-electron chi connectivity index (χ0n) is 72.2. The lowest BCUT2D eigenvalue weighted by molar-refractivity contribution is -0.404. The first-order valence-electron chi connectivity index (χ1n) is 41.2. The molecule has 3 saturated heterocycles. The van der Waals surface area contributed by atoms with Crippen LogP contribution in [0.4, 0.5) is 5.69 Å². The Bertz CT molecular complexity index is 3790. The fourth-order valence-corrected chi connectivity index (χ4v) is 16.3. The van der Waals surface area contributed by atoms with Gasteiger partial charge in [0, 0.05) is 116 Å². The van der Waals surface area contributed by atoms with Crippen molar-refractivity contribution in [2.24, 2.45) is 35.5 Å². The normalized spacial score (nSPS) is 28.6. The van der Waals surface area contributed by atoms with Gasteiger partial charge in [-0.15, -0.1) is 12.4 Å². The number of aliphatic hydroxyl groups excluding tert-OH is 3. The average molecular weight is 1690 g/mol. The Morgan fingerprint density at radius 1 is 0.814 bits per heavy atom. The number of piperidine rings is 1. The number of methoxy groups -OCH3 is 4. The third kappa shape index (κ3) is 32.2. The standard InChI is InChI=1S/C51H79NO13.C24H33N3O4.C13H22N4O3S.ClH/c1-30-16-12-11-13-17-31(2)42(61-8)28-38-21-19-36(7)51(60,65-38)48(57)49(58)52-23-15-14-18-39(52)50(59)64-43(33(4)26-37-20-22-40(53)44(27-37)62-9)29-41(54)32(3)25-35(6)46(56)47(63-10)45(55)34(5)24-30;1-18-7-6-8-19(2)24(18)25-23(29)16-27-13-11-26(12-14-27)15-20(28)17-31-22-10-5-4-9-21(22)30-3;1-14-13(9-17(18)19)15-6-7-21-10-12-5-4-11(20-12)8-16(2)3;/h11-13,16-17,25,30,32-34,36-40,42-44,46-47,53,56,60H,14-15,18-24,26-29H2,1-10H3;4-10,20,28H,11-17H2,1-3H3,(H,25,29);4-5,9,14-15H,6-8,10H2,1-3H3;1H/b13-11+,16-12+,31-17+,35-25+;;13-9-;/t30-,32-,33-,34-,36-,37+,38+,39+,40-,42+,43+,44-,46-,47+,51-;;;/m1.../s1. The number of aryl methyl sites for hydroxylation is 2. The van der Waals surface area contributed by atoms with E-state index in [0.29, 0.717) is 100 Å². The number of esters is 1. The molecule has 0 radical (unpaired) electrons. The van der Waals surface area contributed by atoms with Gasteiger partial charge in [0.1, 0.15) is 54.4 Å². The molecule has 28 nitrogen and oxygen atoms in total. The number of ketones is 3. The van der Waals surface area contributed by atoms with Gasteiger partial charge >= 0.3 is 5.97 Å². The molecule has 8 rings (SSSR count). The maximum Gasteiger partial charge on any atom is 0.329 e. The van der Waals surface area contributed by atoms with E-state index in [0.717, 1.165) is 90.8 Å². The molecular formula is C88H135ClN8O20S. The summed E-state index contributed by atoms with van der Waals surface area (Å²) in [5.41, 5.74) is 4.32. The molecule has 1 saturated carbocycles. The Morgan fingerprint density at radius 2 is 1.50 bits per heavy atom. The number of fused-ring (bicyclic) bond motifs is 3. The first-order chi connectivity index (χ1) is 55.7. The number of nitro groups is 1. The number of nitrogens with one attached hydrogen (secondary N) is 3. The Morgan fingerprint density at radius 3 is 2.15 bits per heavy atom. The van der Waals surface area contributed by atoms with Gasteiger partial charge in [0.05, 0.1) is 55.3 Å². The summed E-state index contributed by atoms with van der Waals surface area (Å²) in [4.78, 5) is 101. The van der Waals surface area contributed by atoms with Crippen LogP contribution in [0.5, 0.6) is 11.5 Å². The van der Waals surface area contributed by atoms with E-state index in [4.69, 9.17) is 37.6 Å². The number of nitrogens with zero attached hydrogens (tertiary/aromatic N) is 5. The number of thioether (sulfide) groups is 1. The molecule has 5 heterocycles. The predicted octanol–water partition coefficient (Wildman–Crippen LogP) is 10.4. The van der Waals surface area contributed by atoms with Crippen molar-refractivity contribution in [2.45, 2.75) is 212 Å². The highest BCUT2D eigenvalue weighted by atomic mass is 35.5. The van der Waals surface area contributed by atoms with Crippen LogP contribution < -0.4 is 25.4 Å². The second-order valence-electron chi connectivity index (χ2n) is 32.3. The summed E-state index contributed by atoms with van der Waals surface area (Å²) < 4.78 is 46.0. The van der Waals surface area contributed by atoms with Crippen molar-refractivity contribution in [3.63, 3.8) is 0 Å². The molecule has 3 aromatic rings. The number of carbonyl (C=O) groups excluding carboxylic acids is 6. The van der Waals surface area contributed by atoms with E-state index in [1.54, 1.807) is 67.0 Å². The number of ether oxygens (including phenoxy) is 7. The minimum atomic E-state index is -2.43. The molecule has 118 heavy (non-hydrogen) atoms. The second kappa shape index (κ2) is 51.4. The van der Waals surface area contributed by atoms with Gasteiger partial charge in [-0.2, -0.15) is 11.8 Å². The molecule has 1 unspecified atom stereocenters. The van der Waals surface area contributed by atoms with Crippen LogP contribution in [0.25, 0.3) is 0 Å². The molecule has 7 N–H and O–H groups in total. The van der Waals surface area contributed by atoms with Crippen LogP contribution in [0, 0.1) is 59.5 Å². The van der Waals surface area contributed by atoms with E-state index < -0.39 is 94.9 Å². The van der Waals surface area contributed by atoms with Crippen LogP contribution in [0.3, 0.4) is 0 Å². The molecule has 16 atom stereocenters. The van der Waals surface area contributed by atoms with E-state index in [-0.39, 0.29) is 79.7 Å².